The molecule has 0 aliphatic heterocycles. The molecule has 2 aliphatic carbocycles. The number of nitrogens with one attached hydrogen (secondary N) is 1. The summed E-state index contributed by atoms with van der Waals surface area (Å²) in [4.78, 5) is 16.7. The van der Waals surface area contributed by atoms with Gasteiger partial charge in [-0.15, -0.1) is 11.3 Å². The predicted molar refractivity (Wildman–Crippen MR) is 77.5 cm³/mol. The topological polar surface area (TPSA) is 42.0 Å². The van der Waals surface area contributed by atoms with Gasteiger partial charge in [-0.1, -0.05) is 26.7 Å². The average Bonchev–Trinajstić information content (AvgIpc) is 3.05. The van der Waals surface area contributed by atoms with Crippen molar-refractivity contribution in [2.75, 3.05) is 0 Å². The SMILES string of the molecule is CC(C)c1nc(C(=O)N[C@H]2CC[C@@H]3CCC[C@@H]32)cs1. The van der Waals surface area contributed by atoms with Gasteiger partial charge < -0.3 is 5.32 Å². The van der Waals surface area contributed by atoms with Crippen LogP contribution in [0.4, 0.5) is 0 Å². The Morgan fingerprint density at radius 2 is 2.21 bits per heavy atom. The van der Waals surface area contributed by atoms with E-state index in [1.54, 1.807) is 11.3 Å². The maximum absolute atomic E-state index is 12.3. The summed E-state index contributed by atoms with van der Waals surface area (Å²) in [6.07, 6.45) is 6.46. The average molecular weight is 278 g/mol. The first kappa shape index (κ1) is 13.1. The standard InChI is InChI=1S/C15H22N2OS/c1-9(2)15-17-13(8-19-15)14(18)16-12-7-6-10-4-3-5-11(10)12/h8-12H,3-7H2,1-2H3,(H,16,18)/t10-,11-,12-/m0/s1. The van der Waals surface area contributed by atoms with Gasteiger partial charge in [0.05, 0.1) is 5.01 Å². The van der Waals surface area contributed by atoms with E-state index in [2.05, 4.69) is 24.1 Å². The largest absolute Gasteiger partial charge is 0.348 e. The molecular formula is C15H22N2OS. The predicted octanol–water partition coefficient (Wildman–Crippen LogP) is 3.58. The highest BCUT2D eigenvalue weighted by Crippen LogP contribution is 2.44. The number of rotatable bonds is 3. The summed E-state index contributed by atoms with van der Waals surface area (Å²) in [6.45, 7) is 4.22. The first-order chi connectivity index (χ1) is 9.15. The van der Waals surface area contributed by atoms with Crippen molar-refractivity contribution in [3.63, 3.8) is 0 Å². The number of fused-ring (bicyclic) bond motifs is 1. The maximum atomic E-state index is 12.3. The molecule has 2 fully saturated rings. The molecule has 0 bridgehead atoms. The number of carbonyl (C=O) groups excluding carboxylic acids is 1. The number of hydrogen-bond donors (Lipinski definition) is 1. The molecule has 1 aromatic heterocycles. The lowest BCUT2D eigenvalue weighted by Crippen LogP contribution is -2.37. The van der Waals surface area contributed by atoms with E-state index < -0.39 is 0 Å². The molecule has 1 aromatic rings. The van der Waals surface area contributed by atoms with E-state index >= 15 is 0 Å². The quantitative estimate of drug-likeness (QED) is 0.918. The van der Waals surface area contributed by atoms with Crippen molar-refractivity contribution >= 4 is 17.2 Å². The van der Waals surface area contributed by atoms with Gasteiger partial charge in [-0.05, 0) is 31.1 Å². The van der Waals surface area contributed by atoms with Gasteiger partial charge in [0.1, 0.15) is 5.69 Å². The fourth-order valence-electron chi connectivity index (χ4n) is 3.64. The first-order valence-corrected chi connectivity index (χ1v) is 8.29. The van der Waals surface area contributed by atoms with Crippen LogP contribution >= 0.6 is 11.3 Å². The Kier molecular flexibility index (Phi) is 3.61. The lowest BCUT2D eigenvalue weighted by molar-refractivity contribution is 0.0922. The Labute approximate surface area is 118 Å². The molecule has 1 amide bonds. The van der Waals surface area contributed by atoms with E-state index in [-0.39, 0.29) is 5.91 Å². The molecule has 0 radical (unpaired) electrons. The fraction of sp³-hybridized carbons (Fsp3) is 0.733. The van der Waals surface area contributed by atoms with Gasteiger partial charge in [0.25, 0.3) is 5.91 Å². The van der Waals surface area contributed by atoms with E-state index in [0.29, 0.717) is 17.7 Å². The number of amides is 1. The van der Waals surface area contributed by atoms with Crippen LogP contribution in [0.3, 0.4) is 0 Å². The Morgan fingerprint density at radius 3 is 2.95 bits per heavy atom. The van der Waals surface area contributed by atoms with E-state index in [1.165, 1.54) is 25.7 Å². The van der Waals surface area contributed by atoms with Crippen LogP contribution < -0.4 is 5.32 Å². The number of nitrogens with zero attached hydrogens (tertiary/aromatic N) is 1. The second-order valence-corrected chi connectivity index (χ2v) is 7.13. The van der Waals surface area contributed by atoms with Gasteiger partial charge in [0.15, 0.2) is 0 Å². The minimum Gasteiger partial charge on any atom is -0.348 e. The van der Waals surface area contributed by atoms with Gasteiger partial charge in [-0.3, -0.25) is 4.79 Å². The molecule has 0 spiro atoms. The second-order valence-electron chi connectivity index (χ2n) is 6.24. The van der Waals surface area contributed by atoms with Gasteiger partial charge in [0.2, 0.25) is 0 Å². The summed E-state index contributed by atoms with van der Waals surface area (Å²) < 4.78 is 0. The van der Waals surface area contributed by atoms with Crippen LogP contribution in [0.1, 0.15) is 67.4 Å². The summed E-state index contributed by atoms with van der Waals surface area (Å²) in [5, 5.41) is 6.17. The molecule has 3 atom stereocenters. The number of carbonyl (C=O) groups is 1. The van der Waals surface area contributed by atoms with Crippen LogP contribution in [-0.2, 0) is 0 Å². The zero-order valence-electron chi connectivity index (χ0n) is 11.7. The van der Waals surface area contributed by atoms with Gasteiger partial charge in [-0.2, -0.15) is 0 Å². The summed E-state index contributed by atoms with van der Waals surface area (Å²) in [5.41, 5.74) is 0.607. The lowest BCUT2D eigenvalue weighted by Gasteiger charge is -2.19. The molecule has 0 unspecified atom stereocenters. The van der Waals surface area contributed by atoms with E-state index in [0.717, 1.165) is 23.3 Å². The first-order valence-electron chi connectivity index (χ1n) is 7.41. The highest BCUT2D eigenvalue weighted by molar-refractivity contribution is 7.09. The van der Waals surface area contributed by atoms with Crippen LogP contribution in [0, 0.1) is 11.8 Å². The van der Waals surface area contributed by atoms with Crippen molar-refractivity contribution in [3.8, 4) is 0 Å². The van der Waals surface area contributed by atoms with Crippen molar-refractivity contribution in [2.24, 2.45) is 11.8 Å². The molecule has 2 saturated carbocycles. The molecule has 1 heterocycles. The maximum Gasteiger partial charge on any atom is 0.270 e. The highest BCUT2D eigenvalue weighted by atomic mass is 32.1. The Balaban J connectivity index is 1.64. The van der Waals surface area contributed by atoms with Crippen molar-refractivity contribution in [3.05, 3.63) is 16.1 Å². The summed E-state index contributed by atoms with van der Waals surface area (Å²) in [6, 6.07) is 0.393. The van der Waals surface area contributed by atoms with Crippen molar-refractivity contribution in [2.45, 2.75) is 57.9 Å². The Hall–Kier alpha value is -0.900. The molecule has 3 nitrogen and oxygen atoms in total. The van der Waals surface area contributed by atoms with Crippen LogP contribution in [0.25, 0.3) is 0 Å². The number of thiazole rings is 1. The monoisotopic (exact) mass is 278 g/mol. The fourth-order valence-corrected chi connectivity index (χ4v) is 4.46. The van der Waals surface area contributed by atoms with Crippen molar-refractivity contribution in [1.82, 2.24) is 10.3 Å². The molecule has 1 N–H and O–H groups in total. The number of hydrogen-bond acceptors (Lipinski definition) is 3. The van der Waals surface area contributed by atoms with Crippen LogP contribution in [0.2, 0.25) is 0 Å². The van der Waals surface area contributed by atoms with Gasteiger partial charge >= 0.3 is 0 Å². The lowest BCUT2D eigenvalue weighted by atomic mass is 9.97. The van der Waals surface area contributed by atoms with E-state index in [1.807, 2.05) is 5.38 Å². The van der Waals surface area contributed by atoms with E-state index in [4.69, 9.17) is 0 Å². The molecule has 0 aromatic carbocycles. The Bertz CT molecular complexity index is 468. The van der Waals surface area contributed by atoms with E-state index in [9.17, 15) is 4.79 Å². The van der Waals surface area contributed by atoms with Crippen LogP contribution in [-0.4, -0.2) is 16.9 Å². The summed E-state index contributed by atoms with van der Waals surface area (Å²) in [7, 11) is 0. The van der Waals surface area contributed by atoms with Crippen molar-refractivity contribution in [1.29, 1.82) is 0 Å². The second kappa shape index (κ2) is 5.23. The third-order valence-corrected chi connectivity index (χ3v) is 5.79. The normalized spacial score (nSPS) is 29.7. The highest BCUT2D eigenvalue weighted by Gasteiger charge is 2.39. The summed E-state index contributed by atoms with van der Waals surface area (Å²) in [5.74, 6) is 2.03. The summed E-state index contributed by atoms with van der Waals surface area (Å²) >= 11 is 1.59. The molecule has 2 aliphatic rings. The zero-order chi connectivity index (χ0) is 13.4. The zero-order valence-corrected chi connectivity index (χ0v) is 12.5. The smallest absolute Gasteiger partial charge is 0.270 e. The molecule has 4 heteroatoms. The van der Waals surface area contributed by atoms with Gasteiger partial charge in [-0.25, -0.2) is 4.98 Å². The minimum atomic E-state index is 0.0284. The van der Waals surface area contributed by atoms with Crippen LogP contribution in [0.15, 0.2) is 5.38 Å². The molecular weight excluding hydrogens is 256 g/mol. The molecule has 3 rings (SSSR count). The third-order valence-electron chi connectivity index (χ3n) is 4.65. The third kappa shape index (κ3) is 2.55. The van der Waals surface area contributed by atoms with Crippen LogP contribution in [0.5, 0.6) is 0 Å². The van der Waals surface area contributed by atoms with Gasteiger partial charge in [0, 0.05) is 17.3 Å². The number of aromatic nitrogens is 1. The minimum absolute atomic E-state index is 0.0284. The molecule has 104 valence electrons. The molecule has 19 heavy (non-hydrogen) atoms. The Morgan fingerprint density at radius 1 is 1.37 bits per heavy atom. The van der Waals surface area contributed by atoms with Crippen molar-refractivity contribution < 1.29 is 4.79 Å². The molecule has 0 saturated heterocycles.